The standard InChI is InChI=1S/C18H36N4O2.HI/c1-5-21(6-2)13-9-8-12-20-18(19-4)22-14-10-11-16(15-22)17(23)24-7-3;/h16H,5-15H2,1-4H3,(H,19,20);1H. The van der Waals surface area contributed by atoms with Gasteiger partial charge in [0.05, 0.1) is 12.5 Å². The van der Waals surface area contributed by atoms with Crippen molar-refractivity contribution < 1.29 is 9.53 Å². The molecule has 6 nitrogen and oxygen atoms in total. The molecule has 1 aliphatic rings. The zero-order valence-corrected chi connectivity index (χ0v) is 18.8. The second-order valence-corrected chi connectivity index (χ2v) is 6.25. The van der Waals surface area contributed by atoms with Crippen molar-refractivity contribution in [3.8, 4) is 0 Å². The minimum atomic E-state index is -0.0723. The van der Waals surface area contributed by atoms with E-state index in [1.807, 2.05) is 14.0 Å². The Hall–Kier alpha value is -0.570. The molecule has 0 aromatic carbocycles. The van der Waals surface area contributed by atoms with E-state index < -0.39 is 0 Å². The number of rotatable bonds is 9. The highest BCUT2D eigenvalue weighted by atomic mass is 127. The Labute approximate surface area is 170 Å². The summed E-state index contributed by atoms with van der Waals surface area (Å²) in [5.41, 5.74) is 0. The monoisotopic (exact) mass is 468 g/mol. The Morgan fingerprint density at radius 2 is 2.00 bits per heavy atom. The van der Waals surface area contributed by atoms with Crippen LogP contribution in [0.25, 0.3) is 0 Å². The van der Waals surface area contributed by atoms with E-state index >= 15 is 0 Å². The molecule has 148 valence electrons. The van der Waals surface area contributed by atoms with E-state index in [9.17, 15) is 4.79 Å². The Bertz CT molecular complexity index is 389. The molecular formula is C18H37IN4O2. The zero-order valence-electron chi connectivity index (χ0n) is 16.4. The predicted octanol–water partition coefficient (Wildman–Crippen LogP) is 2.58. The number of ether oxygens (including phenoxy) is 1. The molecule has 0 amide bonds. The fraction of sp³-hybridized carbons (Fsp3) is 0.889. The largest absolute Gasteiger partial charge is 0.466 e. The maximum absolute atomic E-state index is 12.0. The highest BCUT2D eigenvalue weighted by Gasteiger charge is 2.28. The number of hydrogen-bond donors (Lipinski definition) is 1. The van der Waals surface area contributed by atoms with Crippen molar-refractivity contribution in [1.29, 1.82) is 0 Å². The maximum Gasteiger partial charge on any atom is 0.310 e. The first-order chi connectivity index (χ1) is 11.7. The number of carbonyl (C=O) groups is 1. The first kappa shape index (κ1) is 24.4. The van der Waals surface area contributed by atoms with Gasteiger partial charge in [0.1, 0.15) is 0 Å². The van der Waals surface area contributed by atoms with Gasteiger partial charge in [-0.25, -0.2) is 0 Å². The molecule has 1 fully saturated rings. The van der Waals surface area contributed by atoms with Gasteiger partial charge in [0.25, 0.3) is 0 Å². The summed E-state index contributed by atoms with van der Waals surface area (Å²) in [5.74, 6) is 0.809. The summed E-state index contributed by atoms with van der Waals surface area (Å²) in [4.78, 5) is 21.0. The highest BCUT2D eigenvalue weighted by Crippen LogP contribution is 2.18. The summed E-state index contributed by atoms with van der Waals surface area (Å²) in [6, 6.07) is 0. The van der Waals surface area contributed by atoms with Crippen LogP contribution in [-0.4, -0.2) is 74.7 Å². The van der Waals surface area contributed by atoms with Crippen molar-refractivity contribution in [2.75, 3.05) is 52.9 Å². The smallest absolute Gasteiger partial charge is 0.310 e. The molecule has 1 heterocycles. The summed E-state index contributed by atoms with van der Waals surface area (Å²) in [7, 11) is 1.81. The van der Waals surface area contributed by atoms with Crippen LogP contribution in [0.2, 0.25) is 0 Å². The van der Waals surface area contributed by atoms with Crippen LogP contribution >= 0.6 is 24.0 Å². The summed E-state index contributed by atoms with van der Waals surface area (Å²) in [6.07, 6.45) is 4.24. The normalized spacial score (nSPS) is 18.0. The third-order valence-corrected chi connectivity index (χ3v) is 4.63. The molecule has 0 spiro atoms. The van der Waals surface area contributed by atoms with Gasteiger partial charge in [-0.15, -0.1) is 24.0 Å². The van der Waals surface area contributed by atoms with Crippen molar-refractivity contribution in [1.82, 2.24) is 15.1 Å². The van der Waals surface area contributed by atoms with Gasteiger partial charge in [0.2, 0.25) is 0 Å². The minimum absolute atomic E-state index is 0. The second-order valence-electron chi connectivity index (χ2n) is 6.25. The van der Waals surface area contributed by atoms with Crippen LogP contribution in [0.4, 0.5) is 0 Å². The van der Waals surface area contributed by atoms with E-state index in [2.05, 4.69) is 34.0 Å². The number of nitrogens with zero attached hydrogens (tertiary/aromatic N) is 3. The average molecular weight is 468 g/mol. The molecule has 0 aromatic heterocycles. The highest BCUT2D eigenvalue weighted by molar-refractivity contribution is 14.0. The quantitative estimate of drug-likeness (QED) is 0.185. The number of hydrogen-bond acceptors (Lipinski definition) is 4. The van der Waals surface area contributed by atoms with E-state index in [0.717, 1.165) is 57.9 Å². The number of esters is 1. The first-order valence-electron chi connectivity index (χ1n) is 9.50. The summed E-state index contributed by atoms with van der Waals surface area (Å²) in [5, 5.41) is 3.45. The number of carbonyl (C=O) groups excluding carboxylic acids is 1. The molecule has 0 bridgehead atoms. The van der Waals surface area contributed by atoms with Gasteiger partial charge in [-0.05, 0) is 52.2 Å². The van der Waals surface area contributed by atoms with Crippen LogP contribution < -0.4 is 5.32 Å². The summed E-state index contributed by atoms with van der Waals surface area (Å²) in [6.45, 7) is 12.7. The molecule has 1 rings (SSSR count). The van der Waals surface area contributed by atoms with Gasteiger partial charge >= 0.3 is 5.97 Å². The zero-order chi connectivity index (χ0) is 17.8. The van der Waals surface area contributed by atoms with Gasteiger partial charge in [-0.1, -0.05) is 13.8 Å². The van der Waals surface area contributed by atoms with Crippen LogP contribution in [-0.2, 0) is 9.53 Å². The van der Waals surface area contributed by atoms with Gasteiger partial charge in [-0.2, -0.15) is 0 Å². The van der Waals surface area contributed by atoms with Crippen molar-refractivity contribution in [3.63, 3.8) is 0 Å². The molecule has 0 aromatic rings. The third kappa shape index (κ3) is 9.08. The lowest BCUT2D eigenvalue weighted by Crippen LogP contribution is -2.48. The molecule has 1 saturated heterocycles. The van der Waals surface area contributed by atoms with E-state index in [1.165, 1.54) is 6.42 Å². The van der Waals surface area contributed by atoms with Crippen LogP contribution in [0.3, 0.4) is 0 Å². The van der Waals surface area contributed by atoms with E-state index in [1.54, 1.807) is 0 Å². The fourth-order valence-electron chi connectivity index (χ4n) is 3.15. The van der Waals surface area contributed by atoms with E-state index in [-0.39, 0.29) is 35.9 Å². The first-order valence-corrected chi connectivity index (χ1v) is 9.50. The number of likely N-dealkylation sites (tertiary alicyclic amines) is 1. The summed E-state index contributed by atoms with van der Waals surface area (Å²) < 4.78 is 5.17. The molecule has 0 saturated carbocycles. The van der Waals surface area contributed by atoms with Crippen molar-refractivity contribution in [2.45, 2.75) is 46.5 Å². The Balaban J connectivity index is 0.00000576. The molecule has 7 heteroatoms. The lowest BCUT2D eigenvalue weighted by Gasteiger charge is -2.34. The molecule has 25 heavy (non-hydrogen) atoms. The van der Waals surface area contributed by atoms with Gasteiger partial charge < -0.3 is 19.9 Å². The Morgan fingerprint density at radius 3 is 2.60 bits per heavy atom. The van der Waals surface area contributed by atoms with Gasteiger partial charge in [0, 0.05) is 26.7 Å². The molecule has 1 unspecified atom stereocenters. The molecule has 1 aliphatic heterocycles. The number of halogens is 1. The van der Waals surface area contributed by atoms with Crippen LogP contribution in [0, 0.1) is 5.92 Å². The van der Waals surface area contributed by atoms with Crippen LogP contribution in [0.1, 0.15) is 46.5 Å². The van der Waals surface area contributed by atoms with Crippen LogP contribution in [0.5, 0.6) is 0 Å². The van der Waals surface area contributed by atoms with E-state index in [0.29, 0.717) is 13.2 Å². The van der Waals surface area contributed by atoms with E-state index in [4.69, 9.17) is 4.74 Å². The van der Waals surface area contributed by atoms with Crippen molar-refractivity contribution in [3.05, 3.63) is 0 Å². The summed E-state index contributed by atoms with van der Waals surface area (Å²) >= 11 is 0. The Kier molecular flexibility index (Phi) is 14.3. The van der Waals surface area contributed by atoms with Gasteiger partial charge in [-0.3, -0.25) is 9.79 Å². The van der Waals surface area contributed by atoms with Gasteiger partial charge in [0.15, 0.2) is 5.96 Å². The predicted molar refractivity (Wildman–Crippen MR) is 115 cm³/mol. The number of piperidine rings is 1. The fourth-order valence-corrected chi connectivity index (χ4v) is 3.15. The van der Waals surface area contributed by atoms with Crippen molar-refractivity contribution >= 4 is 35.9 Å². The number of aliphatic imine (C=N–C) groups is 1. The SMILES string of the molecule is CCOC(=O)C1CCCN(C(=NC)NCCCCN(CC)CC)C1.I. The molecule has 0 radical (unpaired) electrons. The minimum Gasteiger partial charge on any atom is -0.466 e. The maximum atomic E-state index is 12.0. The van der Waals surface area contributed by atoms with Crippen molar-refractivity contribution in [2.24, 2.45) is 10.9 Å². The molecule has 1 N–H and O–H groups in total. The lowest BCUT2D eigenvalue weighted by molar-refractivity contribution is -0.149. The lowest BCUT2D eigenvalue weighted by atomic mass is 9.98. The van der Waals surface area contributed by atoms with Crippen LogP contribution in [0.15, 0.2) is 4.99 Å². The second kappa shape index (κ2) is 14.6. The molecule has 1 atom stereocenters. The Morgan fingerprint density at radius 1 is 1.28 bits per heavy atom. The number of nitrogens with one attached hydrogen (secondary N) is 1. The molecular weight excluding hydrogens is 431 g/mol. The molecule has 0 aliphatic carbocycles. The number of unbranched alkanes of at least 4 members (excludes halogenated alkanes) is 1. The topological polar surface area (TPSA) is 57.2 Å². The average Bonchev–Trinajstić information content (AvgIpc) is 2.61. The number of guanidine groups is 1. The third-order valence-electron chi connectivity index (χ3n) is 4.63.